The van der Waals surface area contributed by atoms with E-state index >= 15 is 0 Å². The van der Waals surface area contributed by atoms with Crippen molar-refractivity contribution in [3.05, 3.63) is 40.7 Å². The van der Waals surface area contributed by atoms with Gasteiger partial charge in [-0.1, -0.05) is 30.3 Å². The number of rotatable bonds is 10. The molecule has 0 unspecified atom stereocenters. The summed E-state index contributed by atoms with van der Waals surface area (Å²) in [5.74, 6) is 0.284. The minimum absolute atomic E-state index is 0.284. The smallest absolute Gasteiger partial charge is 0.222 e. The first-order valence-corrected chi connectivity index (χ1v) is 10.1. The van der Waals surface area contributed by atoms with Crippen LogP contribution in [0.2, 0.25) is 0 Å². The van der Waals surface area contributed by atoms with E-state index in [1.54, 1.807) is 18.4 Å². The number of carbonyl (C=O) groups is 1. The molecule has 0 saturated carbocycles. The van der Waals surface area contributed by atoms with Crippen LogP contribution in [0.4, 0.5) is 0 Å². The van der Waals surface area contributed by atoms with Gasteiger partial charge in [-0.05, 0) is 19.4 Å². The van der Waals surface area contributed by atoms with Crippen LogP contribution in [0.15, 0.2) is 35.7 Å². The Morgan fingerprint density at radius 2 is 2.15 bits per heavy atom. The number of nitrogens with zero attached hydrogens (tertiary/aromatic N) is 2. The summed E-state index contributed by atoms with van der Waals surface area (Å²) in [6, 6.07) is 10.6. The van der Waals surface area contributed by atoms with Crippen molar-refractivity contribution >= 4 is 17.2 Å². The number of benzene rings is 1. The molecule has 1 aromatic carbocycles. The molecule has 1 aromatic heterocycles. The Balaban J connectivity index is 1.49. The number of amides is 1. The van der Waals surface area contributed by atoms with Gasteiger partial charge in [-0.25, -0.2) is 4.98 Å². The van der Waals surface area contributed by atoms with E-state index in [-0.39, 0.29) is 5.91 Å². The number of hydrogen-bond donors (Lipinski definition) is 1. The fourth-order valence-corrected chi connectivity index (χ4v) is 4.15. The van der Waals surface area contributed by atoms with Crippen molar-refractivity contribution in [1.82, 2.24) is 15.2 Å². The first-order valence-electron chi connectivity index (χ1n) is 9.27. The van der Waals surface area contributed by atoms with Crippen molar-refractivity contribution in [3.63, 3.8) is 0 Å². The summed E-state index contributed by atoms with van der Waals surface area (Å²) in [4.78, 5) is 19.0. The van der Waals surface area contributed by atoms with Gasteiger partial charge in [0.2, 0.25) is 5.91 Å². The van der Waals surface area contributed by atoms with Gasteiger partial charge in [0.05, 0.1) is 17.3 Å². The van der Waals surface area contributed by atoms with E-state index in [1.165, 1.54) is 0 Å². The lowest BCUT2D eigenvalue weighted by atomic mass is 10.1. The molecule has 0 bridgehead atoms. The molecular weight excluding hydrogens is 346 g/mol. The van der Waals surface area contributed by atoms with Crippen LogP contribution in [0, 0.1) is 0 Å². The summed E-state index contributed by atoms with van der Waals surface area (Å²) in [7, 11) is 1.71. The molecule has 0 aliphatic carbocycles. The maximum atomic E-state index is 12.2. The Morgan fingerprint density at radius 3 is 2.96 bits per heavy atom. The number of aromatic nitrogens is 1. The first-order chi connectivity index (χ1) is 12.8. The lowest BCUT2D eigenvalue weighted by Crippen LogP contribution is -2.37. The zero-order chi connectivity index (χ0) is 18.2. The van der Waals surface area contributed by atoms with Crippen LogP contribution in [0.5, 0.6) is 0 Å². The number of thiazole rings is 1. The highest BCUT2D eigenvalue weighted by Crippen LogP contribution is 2.24. The Morgan fingerprint density at radius 1 is 1.31 bits per heavy atom. The molecule has 1 aliphatic rings. The SMILES string of the molecule is COCCNCC[C@H]1CCC(=O)N1CCc1nc(-c2ccccc2)cs1. The average molecular weight is 374 g/mol. The molecule has 0 spiro atoms. The zero-order valence-corrected chi connectivity index (χ0v) is 16.1. The van der Waals surface area contributed by atoms with E-state index in [2.05, 4.69) is 27.7 Å². The van der Waals surface area contributed by atoms with Gasteiger partial charge in [0.1, 0.15) is 0 Å². The van der Waals surface area contributed by atoms with Crippen LogP contribution >= 0.6 is 11.3 Å². The van der Waals surface area contributed by atoms with E-state index in [9.17, 15) is 4.79 Å². The second kappa shape index (κ2) is 9.80. The van der Waals surface area contributed by atoms with Gasteiger partial charge in [0, 0.05) is 50.0 Å². The molecule has 1 N–H and O–H groups in total. The zero-order valence-electron chi connectivity index (χ0n) is 15.3. The van der Waals surface area contributed by atoms with Crippen LogP contribution in [0.3, 0.4) is 0 Å². The maximum absolute atomic E-state index is 12.2. The quantitative estimate of drug-likeness (QED) is 0.651. The number of carbonyl (C=O) groups excluding carboxylic acids is 1. The van der Waals surface area contributed by atoms with Crippen molar-refractivity contribution < 1.29 is 9.53 Å². The molecule has 1 fully saturated rings. The molecule has 1 saturated heterocycles. The van der Waals surface area contributed by atoms with Crippen LogP contribution in [0.1, 0.15) is 24.3 Å². The predicted octanol–water partition coefficient (Wildman–Crippen LogP) is 2.97. The molecule has 2 aromatic rings. The predicted molar refractivity (Wildman–Crippen MR) is 105 cm³/mol. The van der Waals surface area contributed by atoms with E-state index in [4.69, 9.17) is 9.72 Å². The van der Waals surface area contributed by atoms with Crippen molar-refractivity contribution in [1.29, 1.82) is 0 Å². The number of ether oxygens (including phenoxy) is 1. The van der Waals surface area contributed by atoms with Crippen molar-refractivity contribution in [3.8, 4) is 11.3 Å². The lowest BCUT2D eigenvalue weighted by molar-refractivity contribution is -0.129. The fourth-order valence-electron chi connectivity index (χ4n) is 3.35. The molecule has 2 heterocycles. The molecule has 26 heavy (non-hydrogen) atoms. The van der Waals surface area contributed by atoms with Crippen molar-refractivity contribution in [2.24, 2.45) is 0 Å². The van der Waals surface area contributed by atoms with Gasteiger partial charge in [0.15, 0.2) is 0 Å². The summed E-state index contributed by atoms with van der Waals surface area (Å²) in [6.07, 6.45) is 3.48. The highest BCUT2D eigenvalue weighted by atomic mass is 32.1. The third-order valence-corrected chi connectivity index (χ3v) is 5.69. The van der Waals surface area contributed by atoms with Gasteiger partial charge >= 0.3 is 0 Å². The summed E-state index contributed by atoms with van der Waals surface area (Å²) >= 11 is 1.68. The monoisotopic (exact) mass is 373 g/mol. The molecule has 1 atom stereocenters. The van der Waals surface area contributed by atoms with Gasteiger partial charge in [-0.3, -0.25) is 4.79 Å². The van der Waals surface area contributed by atoms with E-state index < -0.39 is 0 Å². The summed E-state index contributed by atoms with van der Waals surface area (Å²) < 4.78 is 5.04. The van der Waals surface area contributed by atoms with Crippen LogP contribution in [-0.2, 0) is 16.0 Å². The Bertz CT molecular complexity index is 689. The molecule has 6 heteroatoms. The normalized spacial score (nSPS) is 17.2. The largest absolute Gasteiger partial charge is 0.383 e. The minimum atomic E-state index is 0.284. The molecular formula is C20H27N3O2S. The van der Waals surface area contributed by atoms with Crippen molar-refractivity contribution in [2.45, 2.75) is 31.7 Å². The second-order valence-corrected chi connectivity index (χ2v) is 7.50. The summed E-state index contributed by atoms with van der Waals surface area (Å²) in [5, 5.41) is 6.57. The standard InChI is InChI=1S/C20H27N3O2S/c1-25-14-12-21-11-9-17-7-8-20(24)23(17)13-10-19-22-18(15-26-19)16-5-3-2-4-6-16/h2-6,15,17,21H,7-14H2,1H3/t17-/m1/s1. The Hall–Kier alpha value is -1.76. The van der Waals surface area contributed by atoms with Crippen LogP contribution in [0.25, 0.3) is 11.3 Å². The van der Waals surface area contributed by atoms with Crippen LogP contribution < -0.4 is 5.32 Å². The summed E-state index contributed by atoms with van der Waals surface area (Å²) in [6.45, 7) is 3.27. The third kappa shape index (κ3) is 5.13. The van der Waals surface area contributed by atoms with E-state index in [1.807, 2.05) is 18.2 Å². The topological polar surface area (TPSA) is 54.5 Å². The van der Waals surface area contributed by atoms with E-state index in [0.29, 0.717) is 12.5 Å². The molecule has 140 valence electrons. The minimum Gasteiger partial charge on any atom is -0.383 e. The molecule has 1 amide bonds. The van der Waals surface area contributed by atoms with Crippen LogP contribution in [-0.4, -0.2) is 55.2 Å². The van der Waals surface area contributed by atoms with E-state index in [0.717, 1.165) is 61.8 Å². The van der Waals surface area contributed by atoms with Gasteiger partial charge in [0.25, 0.3) is 0 Å². The molecule has 3 rings (SSSR count). The number of methoxy groups -OCH3 is 1. The molecule has 0 radical (unpaired) electrons. The number of nitrogens with one attached hydrogen (secondary N) is 1. The molecule has 1 aliphatic heterocycles. The van der Waals surface area contributed by atoms with Gasteiger partial charge in [-0.15, -0.1) is 11.3 Å². The first kappa shape index (κ1) is 19.0. The average Bonchev–Trinajstić information content (AvgIpc) is 3.28. The van der Waals surface area contributed by atoms with Gasteiger partial charge in [-0.2, -0.15) is 0 Å². The third-order valence-electron chi connectivity index (χ3n) is 4.78. The fraction of sp³-hybridized carbons (Fsp3) is 0.500. The Kier molecular flexibility index (Phi) is 7.17. The maximum Gasteiger partial charge on any atom is 0.222 e. The summed E-state index contributed by atoms with van der Waals surface area (Å²) in [5.41, 5.74) is 2.17. The lowest BCUT2D eigenvalue weighted by Gasteiger charge is -2.24. The number of likely N-dealkylation sites (tertiary alicyclic amines) is 1. The number of hydrogen-bond acceptors (Lipinski definition) is 5. The molecule has 5 nitrogen and oxygen atoms in total. The van der Waals surface area contributed by atoms with Gasteiger partial charge < -0.3 is 15.0 Å². The highest BCUT2D eigenvalue weighted by Gasteiger charge is 2.30. The second-order valence-electron chi connectivity index (χ2n) is 6.55. The van der Waals surface area contributed by atoms with Crippen molar-refractivity contribution in [2.75, 3.05) is 33.4 Å². The highest BCUT2D eigenvalue weighted by molar-refractivity contribution is 7.09. The Labute approximate surface area is 159 Å².